The molecule has 0 radical (unpaired) electrons. The minimum atomic E-state index is -0.0185. The first kappa shape index (κ1) is 35.4. The molecule has 260 valence electrons. The van der Waals surface area contributed by atoms with E-state index in [-0.39, 0.29) is 11.9 Å². The van der Waals surface area contributed by atoms with E-state index in [9.17, 15) is 4.79 Å². The predicted molar refractivity (Wildman–Crippen MR) is 206 cm³/mol. The van der Waals surface area contributed by atoms with Crippen LogP contribution < -0.4 is 14.2 Å². The highest BCUT2D eigenvalue weighted by atomic mass is 32.1. The summed E-state index contributed by atoms with van der Waals surface area (Å²) < 4.78 is 19.3. The number of ketones is 1. The quantitative estimate of drug-likeness (QED) is 0.0637. The molecule has 1 heterocycles. The van der Waals surface area contributed by atoms with E-state index in [2.05, 4.69) is 19.1 Å². The maximum absolute atomic E-state index is 14.3. The van der Waals surface area contributed by atoms with Gasteiger partial charge in [0, 0.05) is 31.8 Å². The molecule has 1 aliphatic rings. The van der Waals surface area contributed by atoms with Gasteiger partial charge >= 0.3 is 0 Å². The second-order valence-electron chi connectivity index (χ2n) is 13.8. The summed E-state index contributed by atoms with van der Waals surface area (Å²) in [7, 11) is 0. The molecular formula is C44H49NO4S. The molecule has 0 saturated heterocycles. The number of benzene rings is 4. The van der Waals surface area contributed by atoms with Gasteiger partial charge in [0.1, 0.15) is 23.9 Å². The van der Waals surface area contributed by atoms with Gasteiger partial charge in [0.25, 0.3) is 0 Å². The fourth-order valence-corrected chi connectivity index (χ4v) is 8.12. The molecule has 5 aromatic rings. The number of rotatable bonds is 16. The summed E-state index contributed by atoms with van der Waals surface area (Å²) in [6, 6.07) is 31.7. The van der Waals surface area contributed by atoms with Gasteiger partial charge in [-0.05, 0) is 136 Å². The van der Waals surface area contributed by atoms with Crippen LogP contribution in [-0.4, -0.2) is 24.2 Å². The standard InChI is InChI=1S/C44H49NO4S/c1-4-5-7-15-40(45)35-14-10-13-32(26-35)29-47-36-20-16-33(17-21-36)43(46)42-39-25-24-38(48-28-31-11-8-6-9-12-31)27-41(39)50-44(42)34-18-22-37(23-19-34)49-30(2)3/h6,8-9,11-12,16-25,27,30,32,35,45H,4-5,7,10,13-15,26,28-29H2,1-3H3. The molecule has 1 aromatic heterocycles. The third-order valence-corrected chi connectivity index (χ3v) is 10.8. The molecule has 1 saturated carbocycles. The highest BCUT2D eigenvalue weighted by Crippen LogP contribution is 2.42. The molecular weight excluding hydrogens is 639 g/mol. The minimum Gasteiger partial charge on any atom is -0.493 e. The molecule has 4 aromatic carbocycles. The Morgan fingerprint density at radius 1 is 0.860 bits per heavy atom. The Morgan fingerprint density at radius 3 is 2.34 bits per heavy atom. The number of carbonyl (C=O) groups excluding carboxylic acids is 1. The van der Waals surface area contributed by atoms with Crippen molar-refractivity contribution in [2.75, 3.05) is 6.61 Å². The van der Waals surface area contributed by atoms with Crippen molar-refractivity contribution in [1.82, 2.24) is 0 Å². The van der Waals surface area contributed by atoms with E-state index in [1.54, 1.807) is 11.3 Å². The van der Waals surface area contributed by atoms with Gasteiger partial charge in [-0.3, -0.25) is 4.79 Å². The molecule has 2 atom stereocenters. The van der Waals surface area contributed by atoms with Crippen LogP contribution in [0, 0.1) is 17.2 Å². The van der Waals surface area contributed by atoms with Crippen molar-refractivity contribution in [3.05, 3.63) is 114 Å². The molecule has 0 bridgehead atoms. The summed E-state index contributed by atoms with van der Waals surface area (Å²) in [5.41, 5.74) is 4.33. The summed E-state index contributed by atoms with van der Waals surface area (Å²) in [5.74, 6) is 3.19. The normalized spacial score (nSPS) is 16.0. The first-order valence-corrected chi connectivity index (χ1v) is 19.0. The van der Waals surface area contributed by atoms with Gasteiger partial charge < -0.3 is 19.6 Å². The zero-order valence-electron chi connectivity index (χ0n) is 29.6. The SMILES string of the molecule is CCCCCC(=N)C1CCCC(COc2ccc(C(=O)c3c(-c4ccc(OC(C)C)cc4)sc4cc(OCc5ccccc5)ccc34)cc2)C1. The van der Waals surface area contributed by atoms with Crippen LogP contribution in [0.1, 0.15) is 93.6 Å². The molecule has 1 N–H and O–H groups in total. The van der Waals surface area contributed by atoms with Gasteiger partial charge in [-0.2, -0.15) is 0 Å². The topological polar surface area (TPSA) is 68.6 Å². The van der Waals surface area contributed by atoms with E-state index in [0.29, 0.717) is 36.2 Å². The van der Waals surface area contributed by atoms with Gasteiger partial charge in [-0.25, -0.2) is 0 Å². The lowest BCUT2D eigenvalue weighted by molar-refractivity contribution is 0.104. The lowest BCUT2D eigenvalue weighted by atomic mass is 9.78. The highest BCUT2D eigenvalue weighted by molar-refractivity contribution is 7.22. The van der Waals surface area contributed by atoms with Gasteiger partial charge in [0.2, 0.25) is 0 Å². The van der Waals surface area contributed by atoms with E-state index in [0.717, 1.165) is 87.6 Å². The van der Waals surface area contributed by atoms with Gasteiger partial charge in [0.05, 0.1) is 12.7 Å². The van der Waals surface area contributed by atoms with E-state index in [1.165, 1.54) is 12.8 Å². The van der Waals surface area contributed by atoms with Gasteiger partial charge in [0.15, 0.2) is 5.78 Å². The average Bonchev–Trinajstić information content (AvgIpc) is 3.52. The zero-order valence-corrected chi connectivity index (χ0v) is 30.4. The van der Waals surface area contributed by atoms with E-state index < -0.39 is 0 Å². The molecule has 0 amide bonds. The molecule has 0 spiro atoms. The monoisotopic (exact) mass is 687 g/mol. The maximum atomic E-state index is 14.3. The number of unbranched alkanes of at least 4 members (excludes halogenated alkanes) is 2. The van der Waals surface area contributed by atoms with E-state index in [1.807, 2.05) is 98.8 Å². The van der Waals surface area contributed by atoms with Crippen LogP contribution in [0.2, 0.25) is 0 Å². The molecule has 6 heteroatoms. The van der Waals surface area contributed by atoms with Crippen molar-refractivity contribution in [3.63, 3.8) is 0 Å². The van der Waals surface area contributed by atoms with Crippen LogP contribution >= 0.6 is 11.3 Å². The fourth-order valence-electron chi connectivity index (χ4n) is 6.88. The minimum absolute atomic E-state index is 0.0185. The van der Waals surface area contributed by atoms with Crippen LogP contribution in [-0.2, 0) is 6.61 Å². The van der Waals surface area contributed by atoms with Gasteiger partial charge in [-0.15, -0.1) is 11.3 Å². The Kier molecular flexibility index (Phi) is 12.0. The molecule has 1 fully saturated rings. The lowest BCUT2D eigenvalue weighted by Gasteiger charge is -2.29. The highest BCUT2D eigenvalue weighted by Gasteiger charge is 2.26. The second-order valence-corrected chi connectivity index (χ2v) is 14.9. The van der Waals surface area contributed by atoms with Crippen LogP contribution in [0.3, 0.4) is 0 Å². The van der Waals surface area contributed by atoms with Crippen LogP contribution in [0.25, 0.3) is 20.5 Å². The number of hydrogen-bond donors (Lipinski definition) is 1. The molecule has 50 heavy (non-hydrogen) atoms. The third kappa shape index (κ3) is 9.02. The summed E-state index contributed by atoms with van der Waals surface area (Å²) in [5, 5.41) is 9.52. The van der Waals surface area contributed by atoms with Crippen molar-refractivity contribution in [2.45, 2.75) is 84.8 Å². The Morgan fingerprint density at radius 2 is 1.60 bits per heavy atom. The second kappa shape index (κ2) is 17.0. The average molecular weight is 688 g/mol. The number of fused-ring (bicyclic) bond motifs is 1. The van der Waals surface area contributed by atoms with E-state index in [4.69, 9.17) is 19.6 Å². The largest absolute Gasteiger partial charge is 0.493 e. The molecule has 2 unspecified atom stereocenters. The summed E-state index contributed by atoms with van der Waals surface area (Å²) >= 11 is 1.61. The first-order valence-electron chi connectivity index (χ1n) is 18.2. The number of hydrogen-bond acceptors (Lipinski definition) is 6. The van der Waals surface area contributed by atoms with Gasteiger partial charge in [-0.1, -0.05) is 56.5 Å². The molecule has 5 nitrogen and oxygen atoms in total. The number of nitrogens with one attached hydrogen (secondary N) is 1. The maximum Gasteiger partial charge on any atom is 0.195 e. The zero-order chi connectivity index (χ0) is 34.9. The van der Waals surface area contributed by atoms with Crippen molar-refractivity contribution in [3.8, 4) is 27.7 Å². The third-order valence-electron chi connectivity index (χ3n) is 9.55. The number of thiophene rings is 1. The predicted octanol–water partition coefficient (Wildman–Crippen LogP) is 12.0. The summed E-state index contributed by atoms with van der Waals surface area (Å²) in [6.07, 6.45) is 9.02. The number of ether oxygens (including phenoxy) is 3. The lowest BCUT2D eigenvalue weighted by Crippen LogP contribution is -2.26. The van der Waals surface area contributed by atoms with Crippen LogP contribution in [0.5, 0.6) is 17.2 Å². The number of carbonyl (C=O) groups is 1. The Hall–Kier alpha value is -4.42. The van der Waals surface area contributed by atoms with Crippen molar-refractivity contribution in [1.29, 1.82) is 5.41 Å². The molecule has 6 rings (SSSR count). The Balaban J connectivity index is 1.19. The summed E-state index contributed by atoms with van der Waals surface area (Å²) in [6.45, 7) is 7.37. The smallest absolute Gasteiger partial charge is 0.195 e. The van der Waals surface area contributed by atoms with Crippen molar-refractivity contribution >= 4 is 32.9 Å². The Bertz CT molecular complexity index is 1860. The molecule has 0 aliphatic heterocycles. The van der Waals surface area contributed by atoms with Crippen LogP contribution in [0.15, 0.2) is 97.1 Å². The van der Waals surface area contributed by atoms with Crippen LogP contribution in [0.4, 0.5) is 0 Å². The van der Waals surface area contributed by atoms with Crippen molar-refractivity contribution < 1.29 is 19.0 Å². The first-order chi connectivity index (χ1) is 24.4. The van der Waals surface area contributed by atoms with Crippen molar-refractivity contribution in [2.24, 2.45) is 11.8 Å². The summed E-state index contributed by atoms with van der Waals surface area (Å²) in [4.78, 5) is 15.2. The van der Waals surface area contributed by atoms with E-state index >= 15 is 0 Å². The fraction of sp³-hybridized carbons (Fsp3) is 0.364. The Labute approximate surface area is 301 Å². The molecule has 1 aliphatic carbocycles.